The SMILES string of the molecule is CC(C)(C)c1cc2c(O)c(c1)Cc1cc(C(C)(C)C)cc(c1O)Cc1cc(C(C)(C)C)cc(c1O)Cc1cc(C(C)(C)C)cc(c1O)Cc1cc(Br)cc(c1O)Cc1cc(C(C)(C)C)cc(c1O)Cc1cc(C(C)(C)C)cc(c1O)Cc1cc(C(C)(C)C)cc(c1O)Cc1cc(C(C)(C)C)cc(c1O)Cc1cc(Br)cc(c1O)C2. The van der Waals surface area contributed by atoms with Crippen LogP contribution in [0.5, 0.6) is 57.5 Å². The summed E-state index contributed by atoms with van der Waals surface area (Å²) in [5.41, 5.74) is 15.9. The van der Waals surface area contributed by atoms with Crippen molar-refractivity contribution in [3.05, 3.63) is 286 Å². The fourth-order valence-corrected chi connectivity index (χ4v) is 16.8. The van der Waals surface area contributed by atoms with E-state index in [0.29, 0.717) is 120 Å². The second kappa shape index (κ2) is 31.0. The average Bonchev–Trinajstić information content (AvgIpc) is 0.780. The molecule has 10 N–H and O–H groups in total. The molecule has 0 saturated carbocycles. The minimum Gasteiger partial charge on any atom is -0.507 e. The molecular weight excluding hydrogens is 1540 g/mol. The first-order valence-electron chi connectivity index (χ1n) is 40.2. The van der Waals surface area contributed by atoms with Crippen LogP contribution in [0.4, 0.5) is 0 Å². The molecule has 0 unspecified atom stereocenters. The number of benzene rings is 10. The molecule has 10 aromatic carbocycles. The van der Waals surface area contributed by atoms with Crippen LogP contribution in [0.3, 0.4) is 0 Å². The van der Waals surface area contributed by atoms with E-state index in [2.05, 4.69) is 198 Å². The Hall–Kier alpha value is -8.84. The van der Waals surface area contributed by atoms with Crippen molar-refractivity contribution >= 4 is 31.9 Å². The molecule has 0 aromatic heterocycles. The molecule has 20 bridgehead atoms. The molecule has 11 rings (SSSR count). The quantitative estimate of drug-likeness (QED) is 0.0696. The Morgan fingerprint density at radius 1 is 0.149 bits per heavy atom. The Bertz CT molecular complexity index is 4760. The first-order chi connectivity index (χ1) is 52.4. The Morgan fingerprint density at radius 3 is 0.289 bits per heavy atom. The molecule has 10 nitrogen and oxygen atoms in total. The third-order valence-electron chi connectivity index (χ3n) is 23.3. The van der Waals surface area contributed by atoms with E-state index in [1.807, 2.05) is 121 Å². The van der Waals surface area contributed by atoms with Crippen LogP contribution in [-0.2, 0) is 108 Å². The molecule has 0 aliphatic heterocycles. The first kappa shape index (κ1) is 86.0. The third kappa shape index (κ3) is 18.8. The number of phenols is 10. The highest BCUT2D eigenvalue weighted by Gasteiger charge is 2.32. The van der Waals surface area contributed by atoms with Crippen molar-refractivity contribution in [3.8, 4) is 57.5 Å². The van der Waals surface area contributed by atoms with E-state index in [1.165, 1.54) is 0 Å². The maximum Gasteiger partial charge on any atom is 0.122 e. The second-order valence-electron chi connectivity index (χ2n) is 41.1. The van der Waals surface area contributed by atoms with Gasteiger partial charge in [0.15, 0.2) is 0 Å². The number of aromatic hydroxyl groups is 10. The summed E-state index contributed by atoms with van der Waals surface area (Å²) >= 11 is 7.62. The summed E-state index contributed by atoms with van der Waals surface area (Å²) in [4.78, 5) is 0. The normalized spacial score (nSPS) is 14.1. The van der Waals surface area contributed by atoms with Gasteiger partial charge in [-0.15, -0.1) is 0 Å². The number of hydrogen-bond donors (Lipinski definition) is 10. The van der Waals surface area contributed by atoms with Crippen molar-refractivity contribution in [2.24, 2.45) is 0 Å². The molecule has 0 radical (unpaired) electrons. The van der Waals surface area contributed by atoms with Gasteiger partial charge in [0.05, 0.1) is 0 Å². The van der Waals surface area contributed by atoms with Gasteiger partial charge in [0.2, 0.25) is 0 Å². The number of phenolic OH excluding ortho intramolecular Hbond substituents is 10. The number of halogens is 2. The maximum atomic E-state index is 12.9. The van der Waals surface area contributed by atoms with Gasteiger partial charge in [0, 0.05) is 73.2 Å². The highest BCUT2D eigenvalue weighted by molar-refractivity contribution is 9.10. The third-order valence-corrected chi connectivity index (χ3v) is 24.3. The molecular formula is C102H122Br2O10. The molecule has 0 fully saturated rings. The van der Waals surface area contributed by atoms with Crippen LogP contribution in [0.1, 0.15) is 322 Å². The predicted octanol–water partition coefficient (Wildman–Crippen LogP) is 24.9. The lowest BCUT2D eigenvalue weighted by atomic mass is 9.80. The van der Waals surface area contributed by atoms with Gasteiger partial charge in [0.25, 0.3) is 0 Å². The van der Waals surface area contributed by atoms with Gasteiger partial charge >= 0.3 is 0 Å². The van der Waals surface area contributed by atoms with Gasteiger partial charge in [-0.25, -0.2) is 0 Å². The van der Waals surface area contributed by atoms with Crippen molar-refractivity contribution in [1.29, 1.82) is 0 Å². The van der Waals surface area contributed by atoms with E-state index in [4.69, 9.17) is 0 Å². The van der Waals surface area contributed by atoms with Crippen LogP contribution in [0, 0.1) is 0 Å². The highest BCUT2D eigenvalue weighted by Crippen LogP contribution is 2.48. The smallest absolute Gasteiger partial charge is 0.122 e. The maximum absolute atomic E-state index is 12.9. The van der Waals surface area contributed by atoms with E-state index < -0.39 is 43.3 Å². The van der Waals surface area contributed by atoms with Gasteiger partial charge in [-0.2, -0.15) is 0 Å². The number of fused-ring (bicyclic) bond motifs is 20. The minimum absolute atomic E-state index is 0.0109. The Kier molecular flexibility index (Phi) is 23.4. The van der Waals surface area contributed by atoms with Gasteiger partial charge in [0.1, 0.15) is 57.5 Å². The van der Waals surface area contributed by atoms with Gasteiger partial charge < -0.3 is 51.1 Å². The Balaban J connectivity index is 1.13. The molecule has 0 atom stereocenters. The first-order valence-corrected chi connectivity index (χ1v) is 41.8. The summed E-state index contributed by atoms with van der Waals surface area (Å²) in [5.74, 6) is 0.276. The monoisotopic (exact) mass is 1660 g/mol. The zero-order valence-corrected chi connectivity index (χ0v) is 75.0. The van der Waals surface area contributed by atoms with Crippen LogP contribution >= 0.6 is 31.9 Å². The molecule has 1 aliphatic rings. The van der Waals surface area contributed by atoms with Crippen molar-refractivity contribution < 1.29 is 51.1 Å². The molecule has 1 aliphatic carbocycles. The van der Waals surface area contributed by atoms with E-state index in [-0.39, 0.29) is 122 Å². The molecule has 0 spiro atoms. The second-order valence-corrected chi connectivity index (χ2v) is 42.9. The van der Waals surface area contributed by atoms with Crippen LogP contribution in [0.15, 0.2) is 130 Å². The predicted molar refractivity (Wildman–Crippen MR) is 474 cm³/mol. The molecule has 114 heavy (non-hydrogen) atoms. The minimum atomic E-state index is -0.402. The molecule has 0 heterocycles. The van der Waals surface area contributed by atoms with Gasteiger partial charge in [-0.3, -0.25) is 0 Å². The van der Waals surface area contributed by atoms with E-state index in [9.17, 15) is 51.1 Å². The van der Waals surface area contributed by atoms with Crippen molar-refractivity contribution in [2.75, 3.05) is 0 Å². The standard InChI is InChI=1S/C102H122Br2O10/c1-95(2,3)75-35-55-25-56-36-76(96(4,5)6)40-60(86(56)106)28-64-44-80(100(16,17)18)48-68(90(64)110)32-73-53-84(104)54-74(94(73)114)34-70-50-82(102(22,23)24)46-66(92(70)112)30-62-42-78(98(10,11)12)38-58(88(62)108)26-57-37-77(97(7,8)9)41-61(87(57)107)29-65-45-81(101(19,20)21)49-69(91(65)111)33-72-52-83(103)51-71(93(72)113)31-67-47-79(99(13,14)15)43-63(89(67)109)27-59(39-75)85(55)105/h35-54,105-114H,25-34H2,1-24H3. The Morgan fingerprint density at radius 2 is 0.219 bits per heavy atom. The van der Waals surface area contributed by atoms with Gasteiger partial charge in [-0.1, -0.05) is 295 Å². The van der Waals surface area contributed by atoms with Crippen LogP contribution < -0.4 is 0 Å². The summed E-state index contributed by atoms with van der Waals surface area (Å²) in [5, 5.41) is 128. The topological polar surface area (TPSA) is 202 Å². The lowest BCUT2D eigenvalue weighted by Gasteiger charge is -2.26. The summed E-state index contributed by atoms with van der Waals surface area (Å²) in [6, 6.07) is 39.6. The van der Waals surface area contributed by atoms with Crippen LogP contribution in [-0.4, -0.2) is 51.1 Å². The lowest BCUT2D eigenvalue weighted by Crippen LogP contribution is -2.15. The highest BCUT2D eigenvalue weighted by atomic mass is 79.9. The molecule has 10 aromatic rings. The summed E-state index contributed by atoms with van der Waals surface area (Å²) in [7, 11) is 0. The summed E-state index contributed by atoms with van der Waals surface area (Å²) < 4.78 is 1.38. The molecule has 0 amide bonds. The fourth-order valence-electron chi connectivity index (χ4n) is 15.7. The number of hydrogen-bond acceptors (Lipinski definition) is 10. The van der Waals surface area contributed by atoms with E-state index >= 15 is 0 Å². The molecule has 0 saturated heterocycles. The molecule has 12 heteroatoms. The van der Waals surface area contributed by atoms with E-state index in [1.54, 1.807) is 0 Å². The van der Waals surface area contributed by atoms with E-state index in [0.717, 1.165) is 44.5 Å². The largest absolute Gasteiger partial charge is 0.507 e. The summed E-state index contributed by atoms with van der Waals surface area (Å²) in [6.07, 6.45) is 1.35. The van der Waals surface area contributed by atoms with Crippen LogP contribution in [0.2, 0.25) is 0 Å². The fraction of sp³-hybridized carbons (Fsp3) is 0.412. The average molecular weight is 1670 g/mol. The number of rotatable bonds is 0. The summed E-state index contributed by atoms with van der Waals surface area (Å²) in [6.45, 7) is 50.9. The Labute approximate surface area is 695 Å². The van der Waals surface area contributed by atoms with Crippen molar-refractivity contribution in [1.82, 2.24) is 0 Å². The van der Waals surface area contributed by atoms with Crippen molar-refractivity contribution in [3.63, 3.8) is 0 Å². The zero-order chi connectivity index (χ0) is 84.3. The van der Waals surface area contributed by atoms with Crippen LogP contribution in [0.25, 0.3) is 0 Å². The zero-order valence-electron chi connectivity index (χ0n) is 71.8. The molecule has 604 valence electrons. The van der Waals surface area contributed by atoms with Crippen molar-refractivity contribution in [2.45, 2.75) is 274 Å². The van der Waals surface area contributed by atoms with Gasteiger partial charge in [-0.05, 0) is 223 Å². The lowest BCUT2D eigenvalue weighted by molar-refractivity contribution is 0.449.